The van der Waals surface area contributed by atoms with Crippen molar-refractivity contribution < 1.29 is 33.6 Å². The van der Waals surface area contributed by atoms with Gasteiger partial charge in [-0.05, 0) is 23.8 Å². The van der Waals surface area contributed by atoms with Crippen molar-refractivity contribution in [3.05, 3.63) is 59.2 Å². The van der Waals surface area contributed by atoms with Crippen LogP contribution in [0.15, 0.2) is 42.5 Å². The molecule has 158 valence electrons. The highest BCUT2D eigenvalue weighted by Gasteiger charge is 2.43. The van der Waals surface area contributed by atoms with E-state index in [4.69, 9.17) is 14.6 Å². The van der Waals surface area contributed by atoms with E-state index in [0.717, 1.165) is 0 Å². The summed E-state index contributed by atoms with van der Waals surface area (Å²) >= 11 is 0. The van der Waals surface area contributed by atoms with Crippen molar-refractivity contribution >= 4 is 16.9 Å². The highest BCUT2D eigenvalue weighted by atomic mass is 32.3. The van der Waals surface area contributed by atoms with Crippen molar-refractivity contribution in [3.8, 4) is 11.5 Å². The lowest BCUT2D eigenvalue weighted by Crippen LogP contribution is -2.32. The number of methoxy groups -OCH3 is 2. The van der Waals surface area contributed by atoms with E-state index in [1.807, 2.05) is 0 Å². The Bertz CT molecular complexity index is 875. The Kier molecular flexibility index (Phi) is 6.32. The van der Waals surface area contributed by atoms with Crippen LogP contribution in [0.4, 0.5) is 0 Å². The Labute approximate surface area is 170 Å². The molecule has 2 aromatic carbocycles. The molecule has 1 fully saturated rings. The molecule has 0 spiro atoms. The summed E-state index contributed by atoms with van der Waals surface area (Å²) in [5, 5.41) is 19.4. The molecule has 0 saturated carbocycles. The van der Waals surface area contributed by atoms with E-state index < -0.39 is 23.2 Å². The lowest BCUT2D eigenvalue weighted by atomic mass is 10.1. The zero-order valence-corrected chi connectivity index (χ0v) is 16.9. The minimum absolute atomic E-state index is 0.0293. The van der Waals surface area contributed by atoms with Crippen LogP contribution in [0.3, 0.4) is 0 Å². The zero-order valence-electron chi connectivity index (χ0n) is 16.1. The Morgan fingerprint density at radius 1 is 1.10 bits per heavy atom. The summed E-state index contributed by atoms with van der Waals surface area (Å²) in [5.74, 6) is 0.0807. The zero-order chi connectivity index (χ0) is 21.2. The van der Waals surface area contributed by atoms with Crippen molar-refractivity contribution in [3.63, 3.8) is 0 Å². The van der Waals surface area contributed by atoms with Crippen LogP contribution in [0.25, 0.3) is 0 Å². The van der Waals surface area contributed by atoms with Gasteiger partial charge in [-0.25, -0.2) is 4.79 Å². The maximum atomic E-state index is 11.0. The normalized spacial score (nSPS) is 20.4. The summed E-state index contributed by atoms with van der Waals surface area (Å²) in [4.78, 5) is 11.0. The summed E-state index contributed by atoms with van der Waals surface area (Å²) in [6.45, 7) is 0.238. The SMILES string of the molecule is COc1ccc(CN2C(O)CN(Cc3ccc(C(=O)O)cc3)S2(O)O)c(OC)c1. The van der Waals surface area contributed by atoms with E-state index in [1.54, 1.807) is 30.3 Å². The van der Waals surface area contributed by atoms with Gasteiger partial charge in [0.2, 0.25) is 0 Å². The Morgan fingerprint density at radius 3 is 2.38 bits per heavy atom. The summed E-state index contributed by atoms with van der Waals surface area (Å²) < 4.78 is 34.7. The lowest BCUT2D eigenvalue weighted by molar-refractivity contribution is 0.0679. The molecule has 10 heteroatoms. The molecule has 1 aliphatic heterocycles. The molecule has 1 atom stereocenters. The van der Waals surface area contributed by atoms with Crippen molar-refractivity contribution in [2.24, 2.45) is 0 Å². The van der Waals surface area contributed by atoms with E-state index >= 15 is 0 Å². The van der Waals surface area contributed by atoms with Gasteiger partial charge in [-0.15, -0.1) is 0 Å². The second kappa shape index (κ2) is 8.57. The minimum Gasteiger partial charge on any atom is -0.497 e. The Hall–Kier alpha value is -2.34. The molecular formula is C19H24N2O7S. The molecular weight excluding hydrogens is 400 g/mol. The molecule has 1 heterocycles. The van der Waals surface area contributed by atoms with Crippen molar-refractivity contribution in [1.29, 1.82) is 0 Å². The monoisotopic (exact) mass is 424 g/mol. The van der Waals surface area contributed by atoms with Crippen LogP contribution in [0.5, 0.6) is 11.5 Å². The molecule has 2 aromatic rings. The van der Waals surface area contributed by atoms with Crippen LogP contribution in [0.2, 0.25) is 0 Å². The molecule has 0 amide bonds. The van der Waals surface area contributed by atoms with E-state index in [2.05, 4.69) is 0 Å². The Morgan fingerprint density at radius 2 is 1.79 bits per heavy atom. The molecule has 1 unspecified atom stereocenters. The number of rotatable bonds is 7. The predicted octanol–water partition coefficient (Wildman–Crippen LogP) is 2.62. The lowest BCUT2D eigenvalue weighted by Gasteiger charge is -2.42. The van der Waals surface area contributed by atoms with Crippen LogP contribution in [0, 0.1) is 0 Å². The topological polar surface area (TPSA) is 123 Å². The number of nitrogens with zero attached hydrogens (tertiary/aromatic N) is 2. The van der Waals surface area contributed by atoms with Gasteiger partial charge in [0.05, 0.1) is 32.9 Å². The number of β-amino-alcohol motifs (C(OH)–C–C–N with tert-alkyl or cyclic N) is 1. The van der Waals surface area contributed by atoms with Crippen LogP contribution >= 0.6 is 11.0 Å². The number of hydrogen-bond donors (Lipinski definition) is 4. The molecule has 29 heavy (non-hydrogen) atoms. The van der Waals surface area contributed by atoms with Crippen LogP contribution in [-0.2, 0) is 13.1 Å². The fourth-order valence-corrected chi connectivity index (χ4v) is 4.79. The van der Waals surface area contributed by atoms with Gasteiger partial charge in [0, 0.05) is 18.2 Å². The largest absolute Gasteiger partial charge is 0.497 e. The summed E-state index contributed by atoms with van der Waals surface area (Å²) in [7, 11) is -0.385. The van der Waals surface area contributed by atoms with E-state index in [-0.39, 0.29) is 25.2 Å². The van der Waals surface area contributed by atoms with Gasteiger partial charge in [0.15, 0.2) is 0 Å². The number of aromatic carboxylic acids is 1. The van der Waals surface area contributed by atoms with Gasteiger partial charge in [-0.2, -0.15) is 8.61 Å². The third-order valence-corrected chi connectivity index (χ3v) is 6.71. The molecule has 9 nitrogen and oxygen atoms in total. The molecule has 0 aliphatic carbocycles. The number of aliphatic hydroxyl groups is 1. The van der Waals surface area contributed by atoms with Crippen LogP contribution in [-0.4, -0.2) is 60.9 Å². The number of aliphatic hydroxyl groups excluding tert-OH is 1. The van der Waals surface area contributed by atoms with E-state index in [0.29, 0.717) is 22.6 Å². The van der Waals surface area contributed by atoms with Crippen molar-refractivity contribution in [1.82, 2.24) is 8.61 Å². The second-order valence-corrected chi connectivity index (χ2v) is 8.51. The number of carbonyl (C=O) groups is 1. The quantitative estimate of drug-likeness (QED) is 0.531. The van der Waals surface area contributed by atoms with Crippen molar-refractivity contribution in [2.45, 2.75) is 19.3 Å². The van der Waals surface area contributed by atoms with Gasteiger partial charge in [0.1, 0.15) is 17.7 Å². The third kappa shape index (κ3) is 4.47. The minimum atomic E-state index is -3.43. The summed E-state index contributed by atoms with van der Waals surface area (Å²) in [6, 6.07) is 11.3. The molecule has 0 aromatic heterocycles. The Balaban J connectivity index is 1.77. The highest BCUT2D eigenvalue weighted by molar-refractivity contribution is 8.20. The smallest absolute Gasteiger partial charge is 0.335 e. The third-order valence-electron chi connectivity index (χ3n) is 4.74. The van der Waals surface area contributed by atoms with Crippen molar-refractivity contribution in [2.75, 3.05) is 20.8 Å². The first-order valence-electron chi connectivity index (χ1n) is 8.77. The number of ether oxygens (including phenoxy) is 2. The predicted molar refractivity (Wildman–Crippen MR) is 108 cm³/mol. The van der Waals surface area contributed by atoms with Gasteiger partial charge in [0.25, 0.3) is 0 Å². The standard InChI is InChI=1S/C19H24N2O7S/c1-27-16-8-7-15(17(9-16)28-2)11-21-18(22)12-20(29(21,25)26)10-13-3-5-14(6-4-13)19(23)24/h3-9,18,22,25-26H,10-12H2,1-2H3,(H,23,24). The summed E-state index contributed by atoms with van der Waals surface area (Å²) in [6.07, 6.45) is -1.09. The first kappa shape index (κ1) is 21.4. The van der Waals surface area contributed by atoms with Gasteiger partial charge < -0.3 is 19.7 Å². The molecule has 1 aliphatic rings. The molecule has 0 bridgehead atoms. The molecule has 0 radical (unpaired) electrons. The van der Waals surface area contributed by atoms with Gasteiger partial charge in [-0.3, -0.25) is 9.11 Å². The fraction of sp³-hybridized carbons (Fsp3) is 0.316. The van der Waals surface area contributed by atoms with Gasteiger partial charge >= 0.3 is 5.97 Å². The molecule has 4 N–H and O–H groups in total. The second-order valence-electron chi connectivity index (χ2n) is 6.55. The maximum Gasteiger partial charge on any atom is 0.335 e. The average Bonchev–Trinajstić information content (AvgIpc) is 2.91. The number of benzene rings is 2. The van der Waals surface area contributed by atoms with Gasteiger partial charge in [-0.1, -0.05) is 29.2 Å². The van der Waals surface area contributed by atoms with Crippen LogP contribution < -0.4 is 9.47 Å². The van der Waals surface area contributed by atoms with E-state index in [9.17, 15) is 19.0 Å². The maximum absolute atomic E-state index is 11.0. The molecule has 3 rings (SSSR count). The number of carboxylic acids is 1. The van der Waals surface area contributed by atoms with E-state index in [1.165, 1.54) is 35.0 Å². The molecule has 1 saturated heterocycles. The highest BCUT2D eigenvalue weighted by Crippen LogP contribution is 2.54. The average molecular weight is 424 g/mol. The number of hydrogen-bond acceptors (Lipinski definition) is 8. The fourth-order valence-electron chi connectivity index (χ4n) is 3.13. The first-order chi connectivity index (χ1) is 13.8. The summed E-state index contributed by atoms with van der Waals surface area (Å²) in [5.41, 5.74) is 1.51. The van der Waals surface area contributed by atoms with Crippen LogP contribution in [0.1, 0.15) is 21.5 Å². The first-order valence-corrected chi connectivity index (χ1v) is 10.2. The number of carboxylic acid groups (broad SMARTS) is 1.